The van der Waals surface area contributed by atoms with E-state index in [-0.39, 0.29) is 123 Å². The van der Waals surface area contributed by atoms with Crippen molar-refractivity contribution >= 4 is 99.3 Å². The summed E-state index contributed by atoms with van der Waals surface area (Å²) in [6.45, 7) is 15.6. The zero-order valence-corrected chi connectivity index (χ0v) is 32.2. The first-order chi connectivity index (χ1) is 19.6. The zero-order chi connectivity index (χ0) is 28.4. The van der Waals surface area contributed by atoms with Crippen molar-refractivity contribution in [2.24, 2.45) is 0 Å². The van der Waals surface area contributed by atoms with Crippen molar-refractivity contribution in [3.63, 3.8) is 0 Å². The summed E-state index contributed by atoms with van der Waals surface area (Å²) in [6, 6.07) is 0.452. The standard InChI is InChI=1S/C28H54N8.8ClH/c1-9-29-15-17-31-13-3-21-35(23-19-33-11-1)25-27-5-7-28(8-6-27)26-36-22-4-14-32-18-16-30-10-2-12-34-20-24-36;;;;;;;;/h5-8,29-34H,1-4,9-26H2;8*1H/i5D,6D,7D,8D;;;;;;;;. The summed E-state index contributed by atoms with van der Waals surface area (Å²) in [5.41, 5.74) is 1.02. The smallest absolute Gasteiger partial charge is 0.0626 e. The Bertz CT molecular complexity index is 754. The number of halogens is 8. The molecule has 270 valence electrons. The number of nitrogens with one attached hydrogen (secondary N) is 6. The SMILES string of the molecule is Cl.Cl.Cl.Cl.Cl.Cl.Cl.Cl.[2H]c1c([2H])c(CN2CCCNCCNCCCNCC2)c([2H])c([2H])c1CN1CCCNCCNCCCNCC1. The van der Waals surface area contributed by atoms with Crippen molar-refractivity contribution < 1.29 is 5.48 Å². The van der Waals surface area contributed by atoms with Crippen LogP contribution in [0.25, 0.3) is 0 Å². The number of hydrogen-bond acceptors (Lipinski definition) is 8. The Morgan fingerprint density at radius 2 is 0.659 bits per heavy atom. The maximum Gasteiger partial charge on any atom is 0.0626 e. The third kappa shape index (κ3) is 29.4. The molecule has 8 nitrogen and oxygen atoms in total. The summed E-state index contributed by atoms with van der Waals surface area (Å²) in [5, 5.41) is 20.9. The molecule has 0 radical (unpaired) electrons. The van der Waals surface area contributed by atoms with Gasteiger partial charge in [-0.15, -0.1) is 99.3 Å². The van der Waals surface area contributed by atoms with Gasteiger partial charge < -0.3 is 31.9 Å². The molecule has 2 aliphatic rings. The van der Waals surface area contributed by atoms with Crippen LogP contribution in [0.5, 0.6) is 0 Å². The molecular formula is C28H62Cl8N8. The Morgan fingerprint density at radius 3 is 0.977 bits per heavy atom. The van der Waals surface area contributed by atoms with Crippen LogP contribution in [0.4, 0.5) is 0 Å². The van der Waals surface area contributed by atoms with Gasteiger partial charge in [0.15, 0.2) is 0 Å². The minimum atomic E-state index is 0. The lowest BCUT2D eigenvalue weighted by molar-refractivity contribution is 0.258. The molecule has 0 amide bonds. The van der Waals surface area contributed by atoms with Gasteiger partial charge in [-0.3, -0.25) is 9.80 Å². The van der Waals surface area contributed by atoms with E-state index in [0.717, 1.165) is 130 Å². The van der Waals surface area contributed by atoms with Gasteiger partial charge in [-0.05, 0) is 89.2 Å². The fourth-order valence-corrected chi connectivity index (χ4v) is 4.62. The molecule has 6 N–H and O–H groups in total. The molecule has 1 aromatic carbocycles. The molecule has 2 heterocycles. The first kappa shape index (κ1) is 47.3. The average Bonchev–Trinajstić information content (AvgIpc) is 2.95. The van der Waals surface area contributed by atoms with Crippen LogP contribution in [0.3, 0.4) is 0 Å². The predicted molar refractivity (Wildman–Crippen MR) is 211 cm³/mol. The van der Waals surface area contributed by atoms with E-state index in [1.807, 2.05) is 0 Å². The lowest BCUT2D eigenvalue weighted by atomic mass is 10.1. The Labute approximate surface area is 323 Å². The third-order valence-corrected chi connectivity index (χ3v) is 6.73. The predicted octanol–water partition coefficient (Wildman–Crippen LogP) is 3.79. The van der Waals surface area contributed by atoms with Gasteiger partial charge in [0.1, 0.15) is 0 Å². The normalized spacial score (nSPS) is 20.0. The third-order valence-electron chi connectivity index (χ3n) is 6.73. The van der Waals surface area contributed by atoms with Crippen LogP contribution in [-0.4, -0.2) is 115 Å². The summed E-state index contributed by atoms with van der Waals surface area (Å²) in [7, 11) is 0. The van der Waals surface area contributed by atoms with Crippen molar-refractivity contribution in [2.75, 3.05) is 105 Å². The van der Waals surface area contributed by atoms with Crippen LogP contribution in [0.1, 0.15) is 42.3 Å². The minimum Gasteiger partial charge on any atom is -0.315 e. The van der Waals surface area contributed by atoms with E-state index >= 15 is 0 Å². The van der Waals surface area contributed by atoms with Crippen LogP contribution in [0.2, 0.25) is 0 Å². The molecule has 0 aromatic heterocycles. The molecule has 2 saturated heterocycles. The Morgan fingerprint density at radius 1 is 0.386 bits per heavy atom. The molecule has 2 aliphatic heterocycles. The maximum atomic E-state index is 8.84. The summed E-state index contributed by atoms with van der Waals surface area (Å²) in [4.78, 5) is 4.55. The van der Waals surface area contributed by atoms with Crippen LogP contribution >= 0.6 is 99.3 Å². The van der Waals surface area contributed by atoms with E-state index in [0.29, 0.717) is 24.2 Å². The van der Waals surface area contributed by atoms with Crippen LogP contribution < -0.4 is 31.9 Å². The summed E-state index contributed by atoms with van der Waals surface area (Å²) >= 11 is 0. The molecule has 0 aliphatic carbocycles. The van der Waals surface area contributed by atoms with E-state index in [1.54, 1.807) is 0 Å². The zero-order valence-electron chi connectivity index (χ0n) is 29.7. The first-order valence-corrected chi connectivity index (χ1v) is 14.3. The highest BCUT2D eigenvalue weighted by molar-refractivity contribution is 5.86. The molecule has 44 heavy (non-hydrogen) atoms. The van der Waals surface area contributed by atoms with E-state index < -0.39 is 0 Å². The largest absolute Gasteiger partial charge is 0.315 e. The molecule has 0 saturated carbocycles. The van der Waals surface area contributed by atoms with Crippen molar-refractivity contribution in [1.82, 2.24) is 41.7 Å². The Kier molecular flexibility index (Phi) is 43.5. The van der Waals surface area contributed by atoms with Crippen molar-refractivity contribution in [3.8, 4) is 0 Å². The van der Waals surface area contributed by atoms with E-state index in [4.69, 9.17) is 5.48 Å². The van der Waals surface area contributed by atoms with Gasteiger partial charge in [0.2, 0.25) is 0 Å². The number of nitrogens with zero attached hydrogens (tertiary/aromatic N) is 2. The number of hydrogen-bond donors (Lipinski definition) is 6. The van der Waals surface area contributed by atoms with Gasteiger partial charge in [-0.1, -0.05) is 24.2 Å². The molecule has 1 aromatic rings. The second-order valence-electron chi connectivity index (χ2n) is 9.92. The Hall–Kier alpha value is 1.22. The van der Waals surface area contributed by atoms with Gasteiger partial charge >= 0.3 is 0 Å². The highest BCUT2D eigenvalue weighted by atomic mass is 35.5. The molecule has 2 fully saturated rings. The molecule has 0 unspecified atom stereocenters. The molecule has 0 atom stereocenters. The first-order valence-electron chi connectivity index (χ1n) is 16.3. The second kappa shape index (κ2) is 40.4. The van der Waals surface area contributed by atoms with Crippen LogP contribution in [-0.2, 0) is 13.1 Å². The van der Waals surface area contributed by atoms with Gasteiger partial charge in [0, 0.05) is 65.4 Å². The fourth-order valence-electron chi connectivity index (χ4n) is 4.62. The molecule has 3 rings (SSSR count). The van der Waals surface area contributed by atoms with Crippen molar-refractivity contribution in [2.45, 2.75) is 38.8 Å². The average molecular weight is 799 g/mol. The topological polar surface area (TPSA) is 78.7 Å². The Balaban J connectivity index is -0.000000551. The van der Waals surface area contributed by atoms with Gasteiger partial charge in [-0.2, -0.15) is 0 Å². The minimum absolute atomic E-state index is 0. The highest BCUT2D eigenvalue weighted by Gasteiger charge is 2.09. The van der Waals surface area contributed by atoms with E-state index in [9.17, 15) is 0 Å². The maximum absolute atomic E-state index is 8.84. The van der Waals surface area contributed by atoms with Crippen LogP contribution in [0, 0.1) is 0 Å². The monoisotopic (exact) mass is 794 g/mol. The van der Waals surface area contributed by atoms with Crippen LogP contribution in [0.15, 0.2) is 24.2 Å². The number of benzene rings is 1. The summed E-state index contributed by atoms with van der Waals surface area (Å²) < 4.78 is 35.4. The molecule has 16 heteroatoms. The summed E-state index contributed by atoms with van der Waals surface area (Å²) in [6.07, 6.45) is 4.13. The van der Waals surface area contributed by atoms with E-state index in [1.165, 1.54) is 0 Å². The van der Waals surface area contributed by atoms with Crippen molar-refractivity contribution in [1.29, 1.82) is 0 Å². The lowest BCUT2D eigenvalue weighted by Gasteiger charge is -2.24. The highest BCUT2D eigenvalue weighted by Crippen LogP contribution is 2.11. The summed E-state index contributed by atoms with van der Waals surface area (Å²) in [5.74, 6) is 0. The van der Waals surface area contributed by atoms with Gasteiger partial charge in [0.25, 0.3) is 0 Å². The second-order valence-corrected chi connectivity index (χ2v) is 9.92. The van der Waals surface area contributed by atoms with Gasteiger partial charge in [0.05, 0.1) is 5.48 Å². The molecule has 0 bridgehead atoms. The van der Waals surface area contributed by atoms with E-state index in [2.05, 4.69) is 41.7 Å². The van der Waals surface area contributed by atoms with Gasteiger partial charge in [-0.25, -0.2) is 0 Å². The molecule has 0 spiro atoms. The lowest BCUT2D eigenvalue weighted by Crippen LogP contribution is -2.36. The fraction of sp³-hybridized carbons (Fsp3) is 0.786. The number of rotatable bonds is 4. The molecular weight excluding hydrogens is 732 g/mol. The van der Waals surface area contributed by atoms with Crippen molar-refractivity contribution in [3.05, 3.63) is 35.3 Å². The quantitative estimate of drug-likeness (QED) is 0.275.